The van der Waals surface area contributed by atoms with E-state index in [1.165, 1.54) is 17.9 Å². The summed E-state index contributed by atoms with van der Waals surface area (Å²) in [6.45, 7) is 4.04. The summed E-state index contributed by atoms with van der Waals surface area (Å²) in [5.74, 6) is 0.673. The molecule has 8 nitrogen and oxygen atoms in total. The van der Waals surface area contributed by atoms with Crippen LogP contribution in [0.2, 0.25) is 0 Å². The van der Waals surface area contributed by atoms with Crippen LogP contribution in [0, 0.1) is 6.92 Å². The first kappa shape index (κ1) is 14.6. The summed E-state index contributed by atoms with van der Waals surface area (Å²) in [6.07, 6.45) is 2.12. The van der Waals surface area contributed by atoms with E-state index in [-0.39, 0.29) is 12.3 Å². The van der Waals surface area contributed by atoms with Crippen molar-refractivity contribution in [1.82, 2.24) is 30.0 Å². The molecule has 0 aliphatic rings. The SMILES string of the molecule is [3H]c1ccc(OCc2c(-n3nnn(C)c3=O)cnnc2CC)c(C)c1. The fraction of sp³-hybridized carbons (Fsp3) is 0.312. The van der Waals surface area contributed by atoms with Gasteiger partial charge in [0.15, 0.2) is 0 Å². The number of ether oxygens (including phenoxy) is 1. The molecule has 2 heterocycles. The number of hydrogen-bond acceptors (Lipinski definition) is 6. The van der Waals surface area contributed by atoms with Crippen molar-refractivity contribution in [3.63, 3.8) is 0 Å². The fourth-order valence-corrected chi connectivity index (χ4v) is 2.34. The first-order chi connectivity index (χ1) is 12.0. The van der Waals surface area contributed by atoms with Crippen LogP contribution in [0.4, 0.5) is 0 Å². The largest absolute Gasteiger partial charge is 0.488 e. The van der Waals surface area contributed by atoms with Crippen molar-refractivity contribution >= 4 is 0 Å². The van der Waals surface area contributed by atoms with Gasteiger partial charge in [0.25, 0.3) is 0 Å². The number of hydrogen-bond donors (Lipinski definition) is 0. The Hall–Kier alpha value is -3.03. The monoisotopic (exact) mass is 328 g/mol. The van der Waals surface area contributed by atoms with Crippen molar-refractivity contribution in [3.8, 4) is 11.4 Å². The molecule has 0 N–H and O–H groups in total. The molecule has 3 rings (SSSR count). The molecule has 2 aromatic heterocycles. The number of aryl methyl sites for hydroxylation is 3. The second-order valence-corrected chi connectivity index (χ2v) is 5.29. The Bertz CT molecular complexity index is 965. The summed E-state index contributed by atoms with van der Waals surface area (Å²) in [7, 11) is 1.53. The maximum absolute atomic E-state index is 12.2. The predicted molar refractivity (Wildman–Crippen MR) is 87.1 cm³/mol. The van der Waals surface area contributed by atoms with E-state index in [1.54, 1.807) is 18.2 Å². The summed E-state index contributed by atoms with van der Waals surface area (Å²) >= 11 is 0. The van der Waals surface area contributed by atoms with Gasteiger partial charge in [-0.3, -0.25) is 0 Å². The summed E-state index contributed by atoms with van der Waals surface area (Å²) in [5.41, 5.74) is 2.45. The van der Waals surface area contributed by atoms with E-state index >= 15 is 0 Å². The lowest BCUT2D eigenvalue weighted by Crippen LogP contribution is -2.24. The lowest BCUT2D eigenvalue weighted by molar-refractivity contribution is 0.301. The molecule has 0 aliphatic carbocycles. The van der Waals surface area contributed by atoms with Crippen LogP contribution in [-0.2, 0) is 20.1 Å². The quantitative estimate of drug-likeness (QED) is 0.699. The van der Waals surface area contributed by atoms with Crippen molar-refractivity contribution in [2.24, 2.45) is 7.05 Å². The molecule has 0 bridgehead atoms. The molecule has 8 heteroatoms. The Morgan fingerprint density at radius 1 is 1.33 bits per heavy atom. The molecule has 0 aliphatic heterocycles. The lowest BCUT2D eigenvalue weighted by atomic mass is 10.1. The zero-order chi connectivity index (χ0) is 18.0. The third kappa shape index (κ3) is 2.90. The molecule has 0 spiro atoms. The number of para-hydroxylation sites is 1. The van der Waals surface area contributed by atoms with Gasteiger partial charge < -0.3 is 4.74 Å². The normalized spacial score (nSPS) is 11.4. The lowest BCUT2D eigenvalue weighted by Gasteiger charge is -2.13. The molecule has 0 fully saturated rings. The summed E-state index contributed by atoms with van der Waals surface area (Å²) < 4.78 is 15.9. The van der Waals surface area contributed by atoms with Crippen LogP contribution in [-0.4, -0.2) is 30.0 Å². The molecular weight excluding hydrogens is 308 g/mol. The Kier molecular flexibility index (Phi) is 4.01. The van der Waals surface area contributed by atoms with E-state index in [0.717, 1.165) is 21.5 Å². The Labute approximate surface area is 140 Å². The number of tetrazole rings is 1. The second kappa shape index (κ2) is 6.61. The maximum atomic E-state index is 12.2. The van der Waals surface area contributed by atoms with E-state index in [1.807, 2.05) is 13.8 Å². The smallest absolute Gasteiger partial charge is 0.368 e. The Morgan fingerprint density at radius 3 is 2.83 bits per heavy atom. The molecule has 1 aromatic carbocycles. The van der Waals surface area contributed by atoms with Crippen molar-refractivity contribution < 1.29 is 6.11 Å². The molecule has 24 heavy (non-hydrogen) atoms. The van der Waals surface area contributed by atoms with E-state index < -0.39 is 0 Å². The van der Waals surface area contributed by atoms with Gasteiger partial charge in [0.05, 0.1) is 13.3 Å². The molecule has 0 unspecified atom stereocenters. The van der Waals surface area contributed by atoms with Crippen LogP contribution in [0.1, 0.15) is 25.1 Å². The van der Waals surface area contributed by atoms with Gasteiger partial charge in [-0.15, -0.1) is 0 Å². The van der Waals surface area contributed by atoms with Crippen LogP contribution in [0.3, 0.4) is 0 Å². The first-order valence-electron chi connectivity index (χ1n) is 8.04. The highest BCUT2D eigenvalue weighted by Crippen LogP contribution is 2.21. The van der Waals surface area contributed by atoms with Gasteiger partial charge in [0, 0.05) is 12.6 Å². The standard InChI is InChI=1S/C16H18N6O2/c1-4-13-12(10-24-15-8-6-5-7-11(15)2)14(9-17-18-13)22-16(23)21(3)19-20-22/h5-9H,4,10H2,1-3H3/i5T. The average molecular weight is 328 g/mol. The van der Waals surface area contributed by atoms with Gasteiger partial charge in [0.1, 0.15) is 18.0 Å². The zero-order valence-corrected chi connectivity index (χ0v) is 13.7. The number of benzene rings is 1. The van der Waals surface area contributed by atoms with Crippen molar-refractivity contribution in [2.75, 3.05) is 0 Å². The molecule has 0 saturated heterocycles. The first-order valence-corrected chi connectivity index (χ1v) is 7.54. The minimum absolute atomic E-state index is 0.204. The van der Waals surface area contributed by atoms with E-state index in [0.29, 0.717) is 23.9 Å². The highest BCUT2D eigenvalue weighted by molar-refractivity contribution is 5.40. The van der Waals surface area contributed by atoms with Crippen LogP contribution in [0.5, 0.6) is 5.75 Å². The van der Waals surface area contributed by atoms with Crippen molar-refractivity contribution in [2.45, 2.75) is 26.9 Å². The van der Waals surface area contributed by atoms with E-state index in [9.17, 15) is 4.79 Å². The Morgan fingerprint density at radius 2 is 2.17 bits per heavy atom. The predicted octanol–water partition coefficient (Wildman–Crippen LogP) is 1.21. The van der Waals surface area contributed by atoms with Gasteiger partial charge in [0.2, 0.25) is 0 Å². The zero-order valence-electron chi connectivity index (χ0n) is 14.7. The topological polar surface area (TPSA) is 87.7 Å². The second-order valence-electron chi connectivity index (χ2n) is 5.29. The highest BCUT2D eigenvalue weighted by atomic mass is 16.5. The molecule has 0 atom stereocenters. The molecule has 124 valence electrons. The van der Waals surface area contributed by atoms with Crippen molar-refractivity contribution in [3.05, 3.63) is 57.7 Å². The summed E-state index contributed by atoms with van der Waals surface area (Å²) in [6, 6.07) is 5.58. The van der Waals surface area contributed by atoms with Gasteiger partial charge >= 0.3 is 5.69 Å². The maximum Gasteiger partial charge on any atom is 0.368 e. The number of rotatable bonds is 5. The fourth-order valence-electron chi connectivity index (χ4n) is 2.34. The highest BCUT2D eigenvalue weighted by Gasteiger charge is 2.16. The Balaban J connectivity index is 1.99. The van der Waals surface area contributed by atoms with E-state index in [2.05, 4.69) is 20.6 Å². The van der Waals surface area contributed by atoms with Gasteiger partial charge in [-0.2, -0.15) is 19.6 Å². The molecule has 0 saturated carbocycles. The van der Waals surface area contributed by atoms with Crippen molar-refractivity contribution in [1.29, 1.82) is 0 Å². The molecular formula is C16H18N6O2. The number of aromatic nitrogens is 6. The minimum Gasteiger partial charge on any atom is -0.488 e. The minimum atomic E-state index is -0.369. The third-order valence-corrected chi connectivity index (χ3v) is 3.69. The molecule has 0 amide bonds. The van der Waals surface area contributed by atoms with Crippen LogP contribution >= 0.6 is 0 Å². The van der Waals surface area contributed by atoms with Crippen LogP contribution in [0.15, 0.2) is 35.2 Å². The van der Waals surface area contributed by atoms with Crippen LogP contribution in [0.25, 0.3) is 5.69 Å². The molecule has 3 aromatic rings. The molecule has 0 radical (unpaired) electrons. The average Bonchev–Trinajstić information content (AvgIpc) is 2.93. The summed E-state index contributed by atoms with van der Waals surface area (Å²) in [4.78, 5) is 12.2. The van der Waals surface area contributed by atoms with Crippen LogP contribution < -0.4 is 10.4 Å². The van der Waals surface area contributed by atoms with Gasteiger partial charge in [-0.25, -0.2) is 4.79 Å². The third-order valence-electron chi connectivity index (χ3n) is 3.69. The van der Waals surface area contributed by atoms with E-state index in [4.69, 9.17) is 6.11 Å². The van der Waals surface area contributed by atoms with Gasteiger partial charge in [-0.1, -0.05) is 25.1 Å². The number of nitrogens with zero attached hydrogens (tertiary/aromatic N) is 6. The summed E-state index contributed by atoms with van der Waals surface area (Å²) in [5, 5.41) is 15.7. The van der Waals surface area contributed by atoms with Gasteiger partial charge in [-0.05, 0) is 35.4 Å².